The number of nitrogens with zero attached hydrogens (tertiary/aromatic N) is 4. The van der Waals surface area contributed by atoms with Crippen LogP contribution >= 0.6 is 11.3 Å². The second-order valence-electron chi connectivity index (χ2n) is 14.4. The fraction of sp³-hybridized carbons (Fsp3) is 0. The first-order valence-electron chi connectivity index (χ1n) is 18.9. The van der Waals surface area contributed by atoms with Crippen molar-refractivity contribution in [3.05, 3.63) is 182 Å². The lowest BCUT2D eigenvalue weighted by molar-refractivity contribution is 1.05. The van der Waals surface area contributed by atoms with E-state index in [0.717, 1.165) is 56.2 Å². The third kappa shape index (κ3) is 4.68. The number of rotatable bonds is 5. The second kappa shape index (κ2) is 12.2. The van der Waals surface area contributed by atoms with Gasteiger partial charge in [-0.2, -0.15) is 0 Å². The molecule has 8 aromatic carbocycles. The third-order valence-electron chi connectivity index (χ3n) is 11.2. The number of benzene rings is 8. The Morgan fingerprint density at radius 1 is 0.375 bits per heavy atom. The summed E-state index contributed by atoms with van der Waals surface area (Å²) in [6.07, 6.45) is 0. The molecule has 56 heavy (non-hydrogen) atoms. The van der Waals surface area contributed by atoms with Gasteiger partial charge < -0.3 is 0 Å². The van der Waals surface area contributed by atoms with Gasteiger partial charge in [-0.1, -0.05) is 140 Å². The molecule has 4 nitrogen and oxygen atoms in total. The van der Waals surface area contributed by atoms with Crippen molar-refractivity contribution in [3.63, 3.8) is 0 Å². The van der Waals surface area contributed by atoms with Gasteiger partial charge in [0.15, 0.2) is 5.82 Å². The number of aromatic nitrogens is 4. The Bertz CT molecular complexity index is 3430. The van der Waals surface area contributed by atoms with Crippen LogP contribution in [0.4, 0.5) is 0 Å². The van der Waals surface area contributed by atoms with Crippen LogP contribution in [0.25, 0.3) is 115 Å². The molecule has 5 heteroatoms. The maximum atomic E-state index is 5.34. The van der Waals surface area contributed by atoms with Gasteiger partial charge >= 0.3 is 0 Å². The van der Waals surface area contributed by atoms with E-state index >= 15 is 0 Å². The van der Waals surface area contributed by atoms with Gasteiger partial charge in [-0.05, 0) is 57.9 Å². The molecule has 0 aliphatic rings. The summed E-state index contributed by atoms with van der Waals surface area (Å²) < 4.78 is 4.85. The van der Waals surface area contributed by atoms with Gasteiger partial charge in [0.1, 0.15) is 5.82 Å². The van der Waals surface area contributed by atoms with E-state index in [1.807, 2.05) is 29.5 Å². The second-order valence-corrected chi connectivity index (χ2v) is 15.4. The van der Waals surface area contributed by atoms with E-state index in [1.54, 1.807) is 0 Å². The normalized spacial score (nSPS) is 11.9. The largest absolute Gasteiger partial charge is 0.294 e. The Kier molecular flexibility index (Phi) is 6.76. The zero-order chi connectivity index (χ0) is 36.7. The quantitative estimate of drug-likeness (QED) is 0.166. The van der Waals surface area contributed by atoms with E-state index in [1.165, 1.54) is 52.5 Å². The molecular weight excluding hydrogens is 701 g/mol. The molecule has 0 amide bonds. The summed E-state index contributed by atoms with van der Waals surface area (Å²) in [4.78, 5) is 15.7. The summed E-state index contributed by atoms with van der Waals surface area (Å²) in [7, 11) is 0. The van der Waals surface area contributed by atoms with Crippen molar-refractivity contribution in [1.29, 1.82) is 0 Å². The predicted octanol–water partition coefficient (Wildman–Crippen LogP) is 13.7. The topological polar surface area (TPSA) is 43.6 Å². The number of thiophene rings is 1. The molecule has 12 aromatic rings. The van der Waals surface area contributed by atoms with E-state index in [9.17, 15) is 0 Å². The molecule has 0 N–H and O–H groups in total. The van der Waals surface area contributed by atoms with Crippen LogP contribution in [-0.4, -0.2) is 19.5 Å². The lowest BCUT2D eigenvalue weighted by atomic mass is 9.93. The molecule has 0 spiro atoms. The first-order chi connectivity index (χ1) is 27.8. The number of hydrogen-bond acceptors (Lipinski definition) is 4. The molecule has 0 aliphatic heterocycles. The SMILES string of the molecule is c1ccc(-c2nc(-c3cccc(-c4cccc(-c5ccc6c7ccccc7c7cccc8sc5c6c87)n4)c3)cc(-n3c4ccccc4c4ccccc43)n2)cc1. The summed E-state index contributed by atoms with van der Waals surface area (Å²) in [6.45, 7) is 0. The van der Waals surface area contributed by atoms with Gasteiger partial charge in [-0.15, -0.1) is 11.3 Å². The fourth-order valence-electron chi connectivity index (χ4n) is 8.69. The van der Waals surface area contributed by atoms with Crippen molar-refractivity contribution in [2.45, 2.75) is 0 Å². The molecule has 0 saturated heterocycles. The highest BCUT2D eigenvalue weighted by Crippen LogP contribution is 2.48. The van der Waals surface area contributed by atoms with Gasteiger partial charge in [-0.3, -0.25) is 4.57 Å². The van der Waals surface area contributed by atoms with Crippen molar-refractivity contribution in [1.82, 2.24) is 19.5 Å². The van der Waals surface area contributed by atoms with E-state index < -0.39 is 0 Å². The van der Waals surface area contributed by atoms with Gasteiger partial charge in [0.2, 0.25) is 0 Å². The van der Waals surface area contributed by atoms with Crippen LogP contribution in [0, 0.1) is 0 Å². The summed E-state index contributed by atoms with van der Waals surface area (Å²) >= 11 is 1.87. The van der Waals surface area contributed by atoms with Crippen molar-refractivity contribution in [2.75, 3.05) is 0 Å². The summed E-state index contributed by atoms with van der Waals surface area (Å²) in [5.74, 6) is 1.51. The zero-order valence-electron chi connectivity index (χ0n) is 30.0. The van der Waals surface area contributed by atoms with Gasteiger partial charge in [0, 0.05) is 59.3 Å². The standard InChI is InChI=1S/C51H30N4S/c1-2-13-31(14-3-1)51-53-43(30-47(54-51)55-44-24-8-6-19-36(44)37-20-7-9-25-45(37)55)33-16-10-15-32(29-33)41-22-12-23-42(52-41)40-28-27-39-35-18-5-4-17-34(35)38-21-11-26-46-48(38)49(39)50(40)56-46/h1-30H. The Labute approximate surface area is 326 Å². The van der Waals surface area contributed by atoms with Crippen LogP contribution in [0.5, 0.6) is 0 Å². The molecule has 260 valence electrons. The number of fused-ring (bicyclic) bond motifs is 6. The molecule has 12 rings (SSSR count). The number of hydrogen-bond donors (Lipinski definition) is 0. The molecule has 0 aliphatic carbocycles. The molecule has 4 aromatic heterocycles. The third-order valence-corrected chi connectivity index (χ3v) is 12.4. The summed E-state index contributed by atoms with van der Waals surface area (Å²) in [5, 5.41) is 10.3. The van der Waals surface area contributed by atoms with Crippen LogP contribution in [-0.2, 0) is 0 Å². The Morgan fingerprint density at radius 2 is 0.964 bits per heavy atom. The molecule has 0 radical (unpaired) electrons. The Balaban J connectivity index is 1.01. The molecular formula is C51H30N4S. The lowest BCUT2D eigenvalue weighted by Crippen LogP contribution is -2.02. The monoisotopic (exact) mass is 730 g/mol. The highest BCUT2D eigenvalue weighted by molar-refractivity contribution is 7.26. The van der Waals surface area contributed by atoms with Crippen molar-refractivity contribution >= 4 is 74.9 Å². The maximum absolute atomic E-state index is 5.34. The Hall–Kier alpha value is -7.21. The molecule has 4 heterocycles. The lowest BCUT2D eigenvalue weighted by Gasteiger charge is -2.13. The highest BCUT2D eigenvalue weighted by Gasteiger charge is 2.20. The number of pyridine rings is 1. The zero-order valence-corrected chi connectivity index (χ0v) is 30.8. The van der Waals surface area contributed by atoms with Crippen LogP contribution < -0.4 is 0 Å². The van der Waals surface area contributed by atoms with Gasteiger partial charge in [0.05, 0.1) is 28.1 Å². The minimum absolute atomic E-state index is 0.681. The molecule has 0 fully saturated rings. The highest BCUT2D eigenvalue weighted by atomic mass is 32.1. The minimum Gasteiger partial charge on any atom is -0.294 e. The van der Waals surface area contributed by atoms with Crippen LogP contribution in [0.15, 0.2) is 182 Å². The maximum Gasteiger partial charge on any atom is 0.162 e. The van der Waals surface area contributed by atoms with Crippen LogP contribution in [0.2, 0.25) is 0 Å². The van der Waals surface area contributed by atoms with Crippen molar-refractivity contribution < 1.29 is 0 Å². The summed E-state index contributed by atoms with van der Waals surface area (Å²) in [5.41, 5.74) is 9.11. The van der Waals surface area contributed by atoms with Crippen LogP contribution in [0.3, 0.4) is 0 Å². The van der Waals surface area contributed by atoms with E-state index in [4.69, 9.17) is 15.0 Å². The molecule has 0 unspecified atom stereocenters. The molecule has 0 atom stereocenters. The van der Waals surface area contributed by atoms with E-state index in [-0.39, 0.29) is 0 Å². The van der Waals surface area contributed by atoms with E-state index in [2.05, 4.69) is 168 Å². The minimum atomic E-state index is 0.681. The smallest absolute Gasteiger partial charge is 0.162 e. The average Bonchev–Trinajstić information content (AvgIpc) is 3.83. The fourth-order valence-corrected chi connectivity index (χ4v) is 9.97. The number of para-hydroxylation sites is 2. The molecule has 0 saturated carbocycles. The first kappa shape index (κ1) is 31.2. The van der Waals surface area contributed by atoms with Gasteiger partial charge in [-0.25, -0.2) is 15.0 Å². The molecule has 0 bridgehead atoms. The van der Waals surface area contributed by atoms with Crippen LogP contribution in [0.1, 0.15) is 0 Å². The van der Waals surface area contributed by atoms with Gasteiger partial charge in [0.25, 0.3) is 0 Å². The van der Waals surface area contributed by atoms with Crippen molar-refractivity contribution in [2.24, 2.45) is 0 Å². The van der Waals surface area contributed by atoms with Crippen molar-refractivity contribution in [3.8, 4) is 51.0 Å². The average molecular weight is 731 g/mol. The predicted molar refractivity (Wildman–Crippen MR) is 235 cm³/mol. The summed E-state index contributed by atoms with van der Waals surface area (Å²) in [6, 6.07) is 64.5. The Morgan fingerprint density at radius 3 is 1.73 bits per heavy atom. The first-order valence-corrected chi connectivity index (χ1v) is 19.7. The van der Waals surface area contributed by atoms with E-state index in [0.29, 0.717) is 5.82 Å².